The van der Waals surface area contributed by atoms with E-state index < -0.39 is 5.91 Å². The van der Waals surface area contributed by atoms with Crippen molar-refractivity contribution in [2.45, 2.75) is 45.1 Å². The number of carbonyl (C=O) groups is 1. The molecular weight excluding hydrogens is 250 g/mol. The molecule has 0 heterocycles. The van der Waals surface area contributed by atoms with Gasteiger partial charge in [-0.3, -0.25) is 4.79 Å². The summed E-state index contributed by atoms with van der Waals surface area (Å²) in [7, 11) is 0. The van der Waals surface area contributed by atoms with Crippen LogP contribution in [0.3, 0.4) is 0 Å². The predicted molar refractivity (Wildman–Crippen MR) is 82.7 cm³/mol. The van der Waals surface area contributed by atoms with E-state index in [0.717, 1.165) is 17.7 Å². The van der Waals surface area contributed by atoms with Gasteiger partial charge in [0, 0.05) is 12.2 Å². The van der Waals surface area contributed by atoms with Crippen molar-refractivity contribution in [3.63, 3.8) is 0 Å². The van der Waals surface area contributed by atoms with Crippen LogP contribution in [0.15, 0.2) is 18.2 Å². The van der Waals surface area contributed by atoms with Gasteiger partial charge in [0.05, 0.1) is 11.1 Å². The molecule has 0 radical (unpaired) electrons. The van der Waals surface area contributed by atoms with Crippen molar-refractivity contribution >= 4 is 11.6 Å². The Labute approximate surface area is 120 Å². The average Bonchev–Trinajstić information content (AvgIpc) is 2.41. The third-order valence-corrected chi connectivity index (χ3v) is 4.64. The van der Waals surface area contributed by atoms with E-state index in [4.69, 9.17) is 11.5 Å². The van der Waals surface area contributed by atoms with Crippen molar-refractivity contribution in [3.8, 4) is 0 Å². The van der Waals surface area contributed by atoms with Crippen molar-refractivity contribution in [2.75, 3.05) is 11.9 Å². The molecule has 2 atom stereocenters. The molecule has 1 aliphatic carbocycles. The number of carbonyl (C=O) groups excluding carboxylic acids is 1. The number of nitrogens with two attached hydrogens (primary N) is 2. The number of anilines is 1. The molecule has 4 nitrogen and oxygen atoms in total. The zero-order chi connectivity index (χ0) is 14.8. The Kier molecular flexibility index (Phi) is 4.33. The topological polar surface area (TPSA) is 81.1 Å². The average molecular weight is 275 g/mol. The SMILES string of the molecule is Cc1ccc(C(N)=O)c(NC2(CN)CCCCC2C)c1. The van der Waals surface area contributed by atoms with Crippen LogP contribution in [0, 0.1) is 12.8 Å². The molecule has 0 spiro atoms. The van der Waals surface area contributed by atoms with Gasteiger partial charge < -0.3 is 16.8 Å². The van der Waals surface area contributed by atoms with E-state index in [0.29, 0.717) is 18.0 Å². The second kappa shape index (κ2) is 5.83. The van der Waals surface area contributed by atoms with E-state index in [2.05, 4.69) is 12.2 Å². The maximum Gasteiger partial charge on any atom is 0.250 e. The molecule has 20 heavy (non-hydrogen) atoms. The van der Waals surface area contributed by atoms with E-state index in [-0.39, 0.29) is 5.54 Å². The van der Waals surface area contributed by atoms with E-state index in [1.54, 1.807) is 6.07 Å². The smallest absolute Gasteiger partial charge is 0.250 e. The van der Waals surface area contributed by atoms with Crippen molar-refractivity contribution in [1.29, 1.82) is 0 Å². The van der Waals surface area contributed by atoms with Crippen LogP contribution < -0.4 is 16.8 Å². The lowest BCUT2D eigenvalue weighted by Crippen LogP contribution is -2.52. The van der Waals surface area contributed by atoms with Crippen LogP contribution in [0.1, 0.15) is 48.5 Å². The molecule has 0 aliphatic heterocycles. The van der Waals surface area contributed by atoms with Crippen LogP contribution in [0.4, 0.5) is 5.69 Å². The number of amides is 1. The largest absolute Gasteiger partial charge is 0.377 e. The molecule has 110 valence electrons. The molecule has 1 fully saturated rings. The minimum atomic E-state index is -0.400. The van der Waals surface area contributed by atoms with Gasteiger partial charge in [0.2, 0.25) is 0 Å². The van der Waals surface area contributed by atoms with E-state index in [1.165, 1.54) is 19.3 Å². The minimum absolute atomic E-state index is 0.129. The first-order valence-electron chi connectivity index (χ1n) is 7.37. The molecule has 1 aliphatic rings. The number of primary amides is 1. The van der Waals surface area contributed by atoms with Crippen LogP contribution in [0.5, 0.6) is 0 Å². The van der Waals surface area contributed by atoms with Gasteiger partial charge in [-0.1, -0.05) is 25.8 Å². The first-order valence-corrected chi connectivity index (χ1v) is 7.37. The summed E-state index contributed by atoms with van der Waals surface area (Å²) in [5.41, 5.74) is 13.9. The fourth-order valence-electron chi connectivity index (χ4n) is 3.20. The first kappa shape index (κ1) is 14.9. The standard InChI is InChI=1S/C16H25N3O/c1-11-6-7-13(15(18)20)14(9-11)19-16(10-17)8-4-3-5-12(16)2/h6-7,9,12,19H,3-5,8,10,17H2,1-2H3,(H2,18,20). The number of hydrogen-bond donors (Lipinski definition) is 3. The molecule has 1 saturated carbocycles. The maximum atomic E-state index is 11.6. The quantitative estimate of drug-likeness (QED) is 0.789. The third-order valence-electron chi connectivity index (χ3n) is 4.64. The highest BCUT2D eigenvalue weighted by Crippen LogP contribution is 2.36. The summed E-state index contributed by atoms with van der Waals surface area (Å²) < 4.78 is 0. The monoisotopic (exact) mass is 275 g/mol. The van der Waals surface area contributed by atoms with Gasteiger partial charge in [-0.15, -0.1) is 0 Å². The fraction of sp³-hybridized carbons (Fsp3) is 0.562. The molecule has 1 aromatic rings. The van der Waals surface area contributed by atoms with E-state index in [1.807, 2.05) is 19.1 Å². The zero-order valence-electron chi connectivity index (χ0n) is 12.4. The maximum absolute atomic E-state index is 11.6. The summed E-state index contributed by atoms with van der Waals surface area (Å²) in [5.74, 6) is 0.0885. The van der Waals surface area contributed by atoms with Gasteiger partial charge in [-0.25, -0.2) is 0 Å². The normalized spacial score (nSPS) is 26.2. The van der Waals surface area contributed by atoms with Gasteiger partial charge in [-0.05, 0) is 43.4 Å². The third kappa shape index (κ3) is 2.80. The molecule has 0 saturated heterocycles. The van der Waals surface area contributed by atoms with Crippen LogP contribution >= 0.6 is 0 Å². The lowest BCUT2D eigenvalue weighted by atomic mass is 9.73. The highest BCUT2D eigenvalue weighted by Gasteiger charge is 2.37. The van der Waals surface area contributed by atoms with Gasteiger partial charge in [0.25, 0.3) is 5.91 Å². The van der Waals surface area contributed by atoms with Crippen molar-refractivity contribution < 1.29 is 4.79 Å². The molecular formula is C16H25N3O. The van der Waals surface area contributed by atoms with Crippen LogP contribution in [-0.4, -0.2) is 18.0 Å². The minimum Gasteiger partial charge on any atom is -0.377 e. The summed E-state index contributed by atoms with van der Waals surface area (Å²) >= 11 is 0. The molecule has 2 rings (SSSR count). The Morgan fingerprint density at radius 1 is 1.45 bits per heavy atom. The highest BCUT2D eigenvalue weighted by molar-refractivity contribution is 5.98. The summed E-state index contributed by atoms with van der Waals surface area (Å²) in [6.07, 6.45) is 4.63. The van der Waals surface area contributed by atoms with Crippen molar-refractivity contribution in [2.24, 2.45) is 17.4 Å². The number of nitrogens with one attached hydrogen (secondary N) is 1. The molecule has 5 N–H and O–H groups in total. The zero-order valence-corrected chi connectivity index (χ0v) is 12.4. The van der Waals surface area contributed by atoms with Crippen molar-refractivity contribution in [3.05, 3.63) is 29.3 Å². The predicted octanol–water partition coefficient (Wildman–Crippen LogP) is 2.41. The number of rotatable bonds is 4. The van der Waals surface area contributed by atoms with Gasteiger partial charge >= 0.3 is 0 Å². The van der Waals surface area contributed by atoms with Crippen LogP contribution in [-0.2, 0) is 0 Å². The summed E-state index contributed by atoms with van der Waals surface area (Å²) in [6.45, 7) is 4.81. The van der Waals surface area contributed by atoms with Crippen LogP contribution in [0.2, 0.25) is 0 Å². The summed E-state index contributed by atoms with van der Waals surface area (Å²) in [5, 5.41) is 3.56. The second-order valence-corrected chi connectivity index (χ2v) is 6.05. The fourth-order valence-corrected chi connectivity index (χ4v) is 3.20. The van der Waals surface area contributed by atoms with Gasteiger partial charge in [0.1, 0.15) is 0 Å². The Morgan fingerprint density at radius 2 is 2.20 bits per heavy atom. The molecule has 4 heteroatoms. The Hall–Kier alpha value is -1.55. The highest BCUT2D eigenvalue weighted by atomic mass is 16.1. The Morgan fingerprint density at radius 3 is 2.80 bits per heavy atom. The summed E-state index contributed by atoms with van der Waals surface area (Å²) in [6, 6.07) is 5.68. The molecule has 1 aromatic carbocycles. The molecule has 2 unspecified atom stereocenters. The van der Waals surface area contributed by atoms with E-state index in [9.17, 15) is 4.79 Å². The molecule has 1 amide bonds. The Bertz CT molecular complexity index is 500. The lowest BCUT2D eigenvalue weighted by Gasteiger charge is -2.43. The Balaban J connectivity index is 2.36. The summed E-state index contributed by atoms with van der Waals surface area (Å²) in [4.78, 5) is 11.6. The lowest BCUT2D eigenvalue weighted by molar-refractivity contribution is 0.100. The number of benzene rings is 1. The molecule has 0 aromatic heterocycles. The number of hydrogen-bond acceptors (Lipinski definition) is 3. The van der Waals surface area contributed by atoms with Crippen LogP contribution in [0.25, 0.3) is 0 Å². The van der Waals surface area contributed by atoms with E-state index >= 15 is 0 Å². The van der Waals surface area contributed by atoms with Gasteiger partial charge in [-0.2, -0.15) is 0 Å². The number of aryl methyl sites for hydroxylation is 1. The molecule has 0 bridgehead atoms. The first-order chi connectivity index (χ1) is 9.48. The second-order valence-electron chi connectivity index (χ2n) is 6.05. The van der Waals surface area contributed by atoms with Crippen molar-refractivity contribution in [1.82, 2.24) is 0 Å². The van der Waals surface area contributed by atoms with Gasteiger partial charge in [0.15, 0.2) is 0 Å².